The normalized spacial score (nSPS) is 10.7. The third kappa shape index (κ3) is 2.82. The summed E-state index contributed by atoms with van der Waals surface area (Å²) in [5.74, 6) is -0.0200. The summed E-state index contributed by atoms with van der Waals surface area (Å²) in [7, 11) is 0. The van der Waals surface area contributed by atoms with Crippen molar-refractivity contribution < 1.29 is 4.79 Å². The Bertz CT molecular complexity index is 620. The molecule has 1 aromatic carbocycles. The number of carbonyl (C=O) groups excluding carboxylic acids is 1. The van der Waals surface area contributed by atoms with Gasteiger partial charge < -0.3 is 0 Å². The number of hydrogen-bond donors (Lipinski definition) is 0. The Balaban J connectivity index is 2.50. The molecule has 0 saturated carbocycles. The SMILES string of the molecule is CCCn1ncc(Br)c1C(=O)c1cccc(C)c1Br. The smallest absolute Gasteiger partial charge is 0.213 e. The molecule has 0 radical (unpaired) electrons. The molecule has 1 aromatic heterocycles. The van der Waals surface area contributed by atoms with E-state index in [0.29, 0.717) is 11.3 Å². The van der Waals surface area contributed by atoms with Crippen LogP contribution in [0.5, 0.6) is 0 Å². The predicted octanol–water partition coefficient (Wildman–Crippen LogP) is 4.36. The molecule has 5 heteroatoms. The van der Waals surface area contributed by atoms with Crippen molar-refractivity contribution in [2.24, 2.45) is 0 Å². The number of ketones is 1. The molecular formula is C14H14Br2N2O. The molecule has 0 aliphatic heterocycles. The summed E-state index contributed by atoms with van der Waals surface area (Å²) in [5.41, 5.74) is 2.32. The lowest BCUT2D eigenvalue weighted by Gasteiger charge is -2.09. The lowest BCUT2D eigenvalue weighted by molar-refractivity contribution is 0.102. The van der Waals surface area contributed by atoms with Crippen molar-refractivity contribution in [3.8, 4) is 0 Å². The van der Waals surface area contributed by atoms with Crippen molar-refractivity contribution in [1.82, 2.24) is 9.78 Å². The van der Waals surface area contributed by atoms with E-state index in [-0.39, 0.29) is 5.78 Å². The molecule has 0 aliphatic carbocycles. The third-order valence-electron chi connectivity index (χ3n) is 2.88. The van der Waals surface area contributed by atoms with Gasteiger partial charge in [0.05, 0.1) is 10.7 Å². The van der Waals surface area contributed by atoms with E-state index in [2.05, 4.69) is 43.9 Å². The summed E-state index contributed by atoms with van der Waals surface area (Å²) in [4.78, 5) is 12.7. The minimum absolute atomic E-state index is 0.0200. The fourth-order valence-electron chi connectivity index (χ4n) is 1.92. The van der Waals surface area contributed by atoms with Gasteiger partial charge in [0.1, 0.15) is 5.69 Å². The number of carbonyl (C=O) groups is 1. The molecule has 3 nitrogen and oxygen atoms in total. The highest BCUT2D eigenvalue weighted by Crippen LogP contribution is 2.26. The van der Waals surface area contributed by atoms with Crippen molar-refractivity contribution >= 4 is 37.6 Å². The van der Waals surface area contributed by atoms with E-state index < -0.39 is 0 Å². The second-order valence-electron chi connectivity index (χ2n) is 4.33. The molecule has 0 N–H and O–H groups in total. The van der Waals surface area contributed by atoms with Gasteiger partial charge in [-0.25, -0.2) is 0 Å². The van der Waals surface area contributed by atoms with Gasteiger partial charge in [-0.15, -0.1) is 0 Å². The Kier molecular flexibility index (Phi) is 4.58. The van der Waals surface area contributed by atoms with Gasteiger partial charge in [0.15, 0.2) is 0 Å². The van der Waals surface area contributed by atoms with Gasteiger partial charge in [-0.1, -0.05) is 19.1 Å². The number of nitrogens with zero attached hydrogens (tertiary/aromatic N) is 2. The number of aromatic nitrogens is 2. The van der Waals surface area contributed by atoms with Crippen LogP contribution in [0, 0.1) is 6.92 Å². The van der Waals surface area contributed by atoms with Crippen LogP contribution in [-0.4, -0.2) is 15.6 Å². The fraction of sp³-hybridized carbons (Fsp3) is 0.286. The van der Waals surface area contributed by atoms with Crippen LogP contribution < -0.4 is 0 Å². The quantitative estimate of drug-likeness (QED) is 0.733. The molecule has 2 aromatic rings. The molecule has 0 aliphatic rings. The van der Waals surface area contributed by atoms with Crippen LogP contribution >= 0.6 is 31.9 Å². The third-order valence-corrected chi connectivity index (χ3v) is 4.51. The first kappa shape index (κ1) is 14.5. The Morgan fingerprint density at radius 1 is 1.37 bits per heavy atom. The molecule has 19 heavy (non-hydrogen) atoms. The predicted molar refractivity (Wildman–Crippen MR) is 82.5 cm³/mol. The van der Waals surface area contributed by atoms with E-state index >= 15 is 0 Å². The van der Waals surface area contributed by atoms with E-state index in [1.54, 1.807) is 10.9 Å². The van der Waals surface area contributed by atoms with Crippen LogP contribution in [0.4, 0.5) is 0 Å². The molecule has 1 heterocycles. The zero-order valence-corrected chi connectivity index (χ0v) is 14.0. The van der Waals surface area contributed by atoms with Crippen molar-refractivity contribution in [2.45, 2.75) is 26.8 Å². The van der Waals surface area contributed by atoms with Gasteiger partial charge >= 0.3 is 0 Å². The van der Waals surface area contributed by atoms with Gasteiger partial charge in [0.25, 0.3) is 0 Å². The lowest BCUT2D eigenvalue weighted by Crippen LogP contribution is -2.12. The van der Waals surface area contributed by atoms with Crippen LogP contribution in [-0.2, 0) is 6.54 Å². The lowest BCUT2D eigenvalue weighted by atomic mass is 10.1. The zero-order chi connectivity index (χ0) is 14.0. The van der Waals surface area contributed by atoms with Crippen LogP contribution in [0.25, 0.3) is 0 Å². The Hall–Kier alpha value is -0.940. The first-order chi connectivity index (χ1) is 9.06. The van der Waals surface area contributed by atoms with Crippen LogP contribution in [0.3, 0.4) is 0 Å². The van der Waals surface area contributed by atoms with E-state index in [1.165, 1.54) is 0 Å². The number of rotatable bonds is 4. The van der Waals surface area contributed by atoms with Gasteiger partial charge in [-0.3, -0.25) is 9.48 Å². The summed E-state index contributed by atoms with van der Waals surface area (Å²) < 4.78 is 3.33. The average Bonchev–Trinajstić information content (AvgIpc) is 2.74. The van der Waals surface area contributed by atoms with Crippen LogP contribution in [0.1, 0.15) is 35.0 Å². The second kappa shape index (κ2) is 6.01. The maximum Gasteiger partial charge on any atom is 0.213 e. The summed E-state index contributed by atoms with van der Waals surface area (Å²) in [6.45, 7) is 4.77. The number of hydrogen-bond acceptors (Lipinski definition) is 2. The molecule has 0 unspecified atom stereocenters. The Morgan fingerprint density at radius 3 is 2.79 bits per heavy atom. The average molecular weight is 386 g/mol. The number of halogens is 2. The summed E-state index contributed by atoms with van der Waals surface area (Å²) in [6, 6.07) is 5.69. The summed E-state index contributed by atoms with van der Waals surface area (Å²) in [5, 5.41) is 4.24. The highest BCUT2D eigenvalue weighted by Gasteiger charge is 2.21. The monoisotopic (exact) mass is 384 g/mol. The molecule has 0 spiro atoms. The molecule has 100 valence electrons. The van der Waals surface area contributed by atoms with E-state index in [0.717, 1.165) is 27.5 Å². The maximum atomic E-state index is 12.7. The summed E-state index contributed by atoms with van der Waals surface area (Å²) in [6.07, 6.45) is 2.61. The first-order valence-electron chi connectivity index (χ1n) is 6.07. The van der Waals surface area contributed by atoms with Crippen molar-refractivity contribution in [1.29, 1.82) is 0 Å². The fourth-order valence-corrected chi connectivity index (χ4v) is 2.84. The van der Waals surface area contributed by atoms with E-state index in [1.807, 2.05) is 25.1 Å². The van der Waals surface area contributed by atoms with Gasteiger partial charge in [-0.05, 0) is 56.8 Å². The van der Waals surface area contributed by atoms with E-state index in [4.69, 9.17) is 0 Å². The van der Waals surface area contributed by atoms with Crippen molar-refractivity contribution in [3.63, 3.8) is 0 Å². The number of benzene rings is 1. The molecule has 0 bridgehead atoms. The van der Waals surface area contributed by atoms with Gasteiger partial charge in [0.2, 0.25) is 5.78 Å². The maximum absolute atomic E-state index is 12.7. The standard InChI is InChI=1S/C14H14Br2N2O/c1-3-7-18-13(11(15)8-17-18)14(19)10-6-4-5-9(2)12(10)16/h4-6,8H,3,7H2,1-2H3. The minimum Gasteiger partial charge on any atom is -0.287 e. The molecule has 0 saturated heterocycles. The van der Waals surface area contributed by atoms with Crippen molar-refractivity contribution in [2.75, 3.05) is 0 Å². The minimum atomic E-state index is -0.0200. The first-order valence-corrected chi connectivity index (χ1v) is 7.66. The highest BCUT2D eigenvalue weighted by atomic mass is 79.9. The van der Waals surface area contributed by atoms with Crippen LogP contribution in [0.2, 0.25) is 0 Å². The second-order valence-corrected chi connectivity index (χ2v) is 5.98. The zero-order valence-electron chi connectivity index (χ0n) is 10.8. The van der Waals surface area contributed by atoms with Gasteiger partial charge in [0, 0.05) is 16.6 Å². The van der Waals surface area contributed by atoms with Gasteiger partial charge in [-0.2, -0.15) is 5.10 Å². The Morgan fingerprint density at radius 2 is 2.11 bits per heavy atom. The molecular weight excluding hydrogens is 372 g/mol. The summed E-state index contributed by atoms with van der Waals surface area (Å²) >= 11 is 6.90. The largest absolute Gasteiger partial charge is 0.287 e. The van der Waals surface area contributed by atoms with E-state index in [9.17, 15) is 4.79 Å². The highest BCUT2D eigenvalue weighted by molar-refractivity contribution is 9.11. The topological polar surface area (TPSA) is 34.9 Å². The molecule has 0 fully saturated rings. The van der Waals surface area contributed by atoms with Crippen molar-refractivity contribution in [3.05, 3.63) is 50.2 Å². The molecule has 0 atom stereocenters. The van der Waals surface area contributed by atoms with Crippen LogP contribution in [0.15, 0.2) is 33.3 Å². The number of aryl methyl sites for hydroxylation is 2. The Labute approximate surface area is 129 Å². The molecule has 0 amide bonds. The molecule has 2 rings (SSSR count).